The first-order valence-electron chi connectivity index (χ1n) is 6.79. The Morgan fingerprint density at radius 2 is 2.29 bits per heavy atom. The van der Waals surface area contributed by atoms with Crippen LogP contribution in [0.1, 0.15) is 44.9 Å². The number of nitrogens with one attached hydrogen (secondary N) is 2. The molecule has 0 spiro atoms. The highest BCUT2D eigenvalue weighted by molar-refractivity contribution is 5.77. The van der Waals surface area contributed by atoms with E-state index in [2.05, 4.69) is 10.6 Å². The minimum Gasteiger partial charge on any atom is -0.378 e. The summed E-state index contributed by atoms with van der Waals surface area (Å²) in [7, 11) is 1.72. The van der Waals surface area contributed by atoms with Crippen molar-refractivity contribution in [3.05, 3.63) is 0 Å². The van der Waals surface area contributed by atoms with E-state index in [9.17, 15) is 4.79 Å². The van der Waals surface area contributed by atoms with Crippen LogP contribution in [0.3, 0.4) is 0 Å². The van der Waals surface area contributed by atoms with Crippen LogP contribution in [0.5, 0.6) is 0 Å². The summed E-state index contributed by atoms with van der Waals surface area (Å²) in [5.74, 6) is 0.143. The third kappa shape index (κ3) is 3.42. The molecule has 1 saturated heterocycles. The van der Waals surface area contributed by atoms with Gasteiger partial charge in [-0.3, -0.25) is 4.79 Å². The molecule has 2 aliphatic rings. The number of hydrogen-bond donors (Lipinski definition) is 2. The number of methoxy groups -OCH3 is 1. The molecule has 4 nitrogen and oxygen atoms in total. The highest BCUT2D eigenvalue weighted by Crippen LogP contribution is 2.37. The monoisotopic (exact) mass is 240 g/mol. The number of carbonyl (C=O) groups is 1. The Hall–Kier alpha value is -0.610. The topological polar surface area (TPSA) is 50.4 Å². The van der Waals surface area contributed by atoms with Crippen molar-refractivity contribution in [3.63, 3.8) is 0 Å². The maximum Gasteiger partial charge on any atom is 0.222 e. The third-order valence-electron chi connectivity index (χ3n) is 4.16. The van der Waals surface area contributed by atoms with Crippen LogP contribution in [0.4, 0.5) is 0 Å². The van der Waals surface area contributed by atoms with E-state index < -0.39 is 0 Å². The normalized spacial score (nSPS) is 26.5. The van der Waals surface area contributed by atoms with Crippen LogP contribution in [0.25, 0.3) is 0 Å². The zero-order chi connectivity index (χ0) is 12.1. The molecule has 1 atom stereocenters. The molecule has 1 aliphatic carbocycles. The van der Waals surface area contributed by atoms with Gasteiger partial charge in [0.15, 0.2) is 0 Å². The van der Waals surface area contributed by atoms with Crippen molar-refractivity contribution in [2.75, 3.05) is 20.2 Å². The molecule has 1 amide bonds. The van der Waals surface area contributed by atoms with Crippen LogP contribution in [0.2, 0.25) is 0 Å². The van der Waals surface area contributed by atoms with E-state index in [-0.39, 0.29) is 11.5 Å². The number of hydrogen-bond acceptors (Lipinski definition) is 3. The van der Waals surface area contributed by atoms with Gasteiger partial charge in [-0.2, -0.15) is 0 Å². The minimum absolute atomic E-state index is 0.143. The second-order valence-corrected chi connectivity index (χ2v) is 5.35. The summed E-state index contributed by atoms with van der Waals surface area (Å²) in [5, 5.41) is 6.44. The average Bonchev–Trinajstić information content (AvgIpc) is 2.76. The molecule has 98 valence electrons. The molecule has 1 aliphatic heterocycles. The second-order valence-electron chi connectivity index (χ2n) is 5.35. The van der Waals surface area contributed by atoms with Crippen LogP contribution in [-0.2, 0) is 9.53 Å². The van der Waals surface area contributed by atoms with Crippen molar-refractivity contribution >= 4 is 5.91 Å². The predicted molar refractivity (Wildman–Crippen MR) is 66.9 cm³/mol. The van der Waals surface area contributed by atoms with Gasteiger partial charge in [0.25, 0.3) is 0 Å². The first kappa shape index (κ1) is 12.8. The Bertz CT molecular complexity index is 253. The summed E-state index contributed by atoms with van der Waals surface area (Å²) in [5.41, 5.74) is -0.143. The molecular weight excluding hydrogens is 216 g/mol. The Morgan fingerprint density at radius 3 is 2.82 bits per heavy atom. The first-order chi connectivity index (χ1) is 8.24. The molecule has 0 bridgehead atoms. The number of carbonyl (C=O) groups excluding carboxylic acids is 1. The Balaban J connectivity index is 1.60. The first-order valence-corrected chi connectivity index (χ1v) is 6.79. The molecule has 0 aromatic carbocycles. The summed E-state index contributed by atoms with van der Waals surface area (Å²) in [4.78, 5) is 11.8. The largest absolute Gasteiger partial charge is 0.378 e. The van der Waals surface area contributed by atoms with Crippen LogP contribution in [-0.4, -0.2) is 37.7 Å². The lowest BCUT2D eigenvalue weighted by Crippen LogP contribution is -2.44. The molecule has 2 rings (SSSR count). The fourth-order valence-corrected chi connectivity index (χ4v) is 2.77. The highest BCUT2D eigenvalue weighted by Gasteiger charge is 2.38. The maximum atomic E-state index is 11.8. The van der Waals surface area contributed by atoms with E-state index in [1.165, 1.54) is 19.3 Å². The number of ether oxygens (including phenoxy) is 1. The van der Waals surface area contributed by atoms with E-state index in [1.54, 1.807) is 7.11 Å². The van der Waals surface area contributed by atoms with Gasteiger partial charge in [0.1, 0.15) is 0 Å². The lowest BCUT2D eigenvalue weighted by molar-refractivity contribution is -0.134. The molecule has 0 aromatic rings. The van der Waals surface area contributed by atoms with Gasteiger partial charge in [-0.15, -0.1) is 0 Å². The van der Waals surface area contributed by atoms with Crippen molar-refractivity contribution in [2.24, 2.45) is 0 Å². The Kier molecular flexibility index (Phi) is 4.40. The molecular formula is C13H24N2O2. The standard InChI is InChI=1S/C13H24N2O2/c1-17-13(6-3-7-13)10-12(16)15-9-5-11-4-2-8-14-11/h11,14H,2-10H2,1H3,(H,15,16). The smallest absolute Gasteiger partial charge is 0.222 e. The molecule has 4 heteroatoms. The van der Waals surface area contributed by atoms with Gasteiger partial charge in [0.2, 0.25) is 5.91 Å². The van der Waals surface area contributed by atoms with Crippen molar-refractivity contribution in [1.82, 2.24) is 10.6 Å². The van der Waals surface area contributed by atoms with E-state index in [0.29, 0.717) is 12.5 Å². The van der Waals surface area contributed by atoms with E-state index in [0.717, 1.165) is 32.4 Å². The van der Waals surface area contributed by atoms with Crippen molar-refractivity contribution in [3.8, 4) is 0 Å². The highest BCUT2D eigenvalue weighted by atomic mass is 16.5. The van der Waals surface area contributed by atoms with Crippen LogP contribution < -0.4 is 10.6 Å². The Labute approximate surface area is 103 Å². The van der Waals surface area contributed by atoms with Gasteiger partial charge in [-0.25, -0.2) is 0 Å². The van der Waals surface area contributed by atoms with E-state index in [1.807, 2.05) is 0 Å². The molecule has 2 fully saturated rings. The summed E-state index contributed by atoms with van der Waals surface area (Å²) < 4.78 is 5.45. The zero-order valence-electron chi connectivity index (χ0n) is 10.8. The average molecular weight is 240 g/mol. The summed E-state index contributed by atoms with van der Waals surface area (Å²) >= 11 is 0. The van der Waals surface area contributed by atoms with Gasteiger partial charge < -0.3 is 15.4 Å². The maximum absolute atomic E-state index is 11.8. The van der Waals surface area contributed by atoms with Crippen molar-refractivity contribution in [1.29, 1.82) is 0 Å². The van der Waals surface area contributed by atoms with Gasteiger partial charge in [0.05, 0.1) is 12.0 Å². The van der Waals surface area contributed by atoms with Crippen molar-refractivity contribution in [2.45, 2.75) is 56.6 Å². The molecule has 2 N–H and O–H groups in total. The van der Waals surface area contributed by atoms with E-state index in [4.69, 9.17) is 4.74 Å². The van der Waals surface area contributed by atoms with Crippen LogP contribution in [0, 0.1) is 0 Å². The summed E-state index contributed by atoms with van der Waals surface area (Å²) in [6, 6.07) is 0.607. The van der Waals surface area contributed by atoms with E-state index >= 15 is 0 Å². The fraction of sp³-hybridized carbons (Fsp3) is 0.923. The lowest BCUT2D eigenvalue weighted by atomic mass is 9.77. The third-order valence-corrected chi connectivity index (χ3v) is 4.16. The SMILES string of the molecule is COC1(CC(=O)NCCC2CCCN2)CCC1. The Morgan fingerprint density at radius 1 is 1.47 bits per heavy atom. The fourth-order valence-electron chi connectivity index (χ4n) is 2.77. The van der Waals surface area contributed by atoms with Gasteiger partial charge >= 0.3 is 0 Å². The predicted octanol–water partition coefficient (Wildman–Crippen LogP) is 1.20. The molecule has 0 aromatic heterocycles. The quantitative estimate of drug-likeness (QED) is 0.733. The number of rotatable bonds is 6. The summed E-state index contributed by atoms with van der Waals surface area (Å²) in [6.07, 6.45) is 7.34. The molecule has 0 radical (unpaired) electrons. The van der Waals surface area contributed by atoms with Gasteiger partial charge in [-0.05, 0) is 45.1 Å². The van der Waals surface area contributed by atoms with Crippen molar-refractivity contribution < 1.29 is 9.53 Å². The molecule has 1 saturated carbocycles. The molecule has 17 heavy (non-hydrogen) atoms. The molecule has 1 heterocycles. The zero-order valence-corrected chi connectivity index (χ0v) is 10.8. The lowest BCUT2D eigenvalue weighted by Gasteiger charge is -2.39. The number of amides is 1. The summed E-state index contributed by atoms with van der Waals surface area (Å²) in [6.45, 7) is 1.92. The second kappa shape index (κ2) is 5.83. The van der Waals surface area contributed by atoms with Gasteiger partial charge in [-0.1, -0.05) is 0 Å². The molecule has 1 unspecified atom stereocenters. The van der Waals surface area contributed by atoms with Gasteiger partial charge in [0, 0.05) is 19.7 Å². The van der Waals surface area contributed by atoms with Crippen LogP contribution >= 0.6 is 0 Å². The minimum atomic E-state index is -0.143. The van der Waals surface area contributed by atoms with Crippen LogP contribution in [0.15, 0.2) is 0 Å².